The summed E-state index contributed by atoms with van der Waals surface area (Å²) in [4.78, 5) is 7.09. The standard InChI is InChI=1S/C10H7NO8S2.2C8H18/c12-11(13)8-5-6-3-1-2-4-7(6)9(20(14,15)16)10(8)21(17,18)19;2*1-3-5-7-8-6-4-2/h1-5H,(H,14,15,16)(H,17,18,19);2*3-8H2,1-2H3. The third-order valence-electron chi connectivity index (χ3n) is 5.56. The van der Waals surface area contributed by atoms with E-state index in [1.807, 2.05) is 0 Å². The van der Waals surface area contributed by atoms with E-state index in [2.05, 4.69) is 27.7 Å². The minimum Gasteiger partial charge on any atom is -0.282 e. The molecule has 0 radical (unpaired) electrons. The zero-order valence-corrected chi connectivity index (χ0v) is 24.1. The maximum absolute atomic E-state index is 11.4. The zero-order valence-electron chi connectivity index (χ0n) is 22.5. The molecule has 212 valence electrons. The molecule has 0 aliphatic carbocycles. The lowest BCUT2D eigenvalue weighted by molar-refractivity contribution is -0.388. The molecular weight excluding hydrogens is 518 g/mol. The second-order valence-electron chi connectivity index (χ2n) is 8.81. The molecule has 0 aromatic heterocycles. The Bertz CT molecular complexity index is 1140. The van der Waals surface area contributed by atoms with Crippen molar-refractivity contribution in [1.29, 1.82) is 0 Å². The van der Waals surface area contributed by atoms with E-state index in [4.69, 9.17) is 4.55 Å². The molecule has 0 bridgehead atoms. The quantitative estimate of drug-likeness (QED) is 0.108. The van der Waals surface area contributed by atoms with Crippen LogP contribution in [0.2, 0.25) is 0 Å². The molecule has 0 atom stereocenters. The Balaban J connectivity index is 0.000000669. The van der Waals surface area contributed by atoms with Crippen LogP contribution in [0.3, 0.4) is 0 Å². The van der Waals surface area contributed by atoms with Crippen LogP contribution < -0.4 is 0 Å². The van der Waals surface area contributed by atoms with Crippen molar-refractivity contribution in [3.63, 3.8) is 0 Å². The maximum atomic E-state index is 11.4. The number of hydrogen-bond acceptors (Lipinski definition) is 6. The van der Waals surface area contributed by atoms with Crippen molar-refractivity contribution >= 4 is 36.7 Å². The molecule has 0 saturated heterocycles. The first-order valence-electron chi connectivity index (χ1n) is 13.0. The van der Waals surface area contributed by atoms with Crippen LogP contribution in [0, 0.1) is 10.1 Å². The second kappa shape index (κ2) is 18.2. The van der Waals surface area contributed by atoms with Gasteiger partial charge in [0, 0.05) is 11.5 Å². The van der Waals surface area contributed by atoms with E-state index in [1.165, 1.54) is 95.2 Å². The van der Waals surface area contributed by atoms with E-state index in [0.717, 1.165) is 12.1 Å². The fourth-order valence-corrected chi connectivity index (χ4v) is 5.81. The molecule has 0 heterocycles. The first-order chi connectivity index (χ1) is 17.4. The maximum Gasteiger partial charge on any atom is 0.302 e. The van der Waals surface area contributed by atoms with Crippen molar-refractivity contribution in [2.24, 2.45) is 0 Å². The summed E-state index contributed by atoms with van der Waals surface area (Å²) in [7, 11) is -10.4. The summed E-state index contributed by atoms with van der Waals surface area (Å²) in [5.74, 6) is 0. The summed E-state index contributed by atoms with van der Waals surface area (Å²) in [5.41, 5.74) is -1.15. The summed E-state index contributed by atoms with van der Waals surface area (Å²) in [6.07, 6.45) is 17.0. The van der Waals surface area contributed by atoms with Gasteiger partial charge >= 0.3 is 10.1 Å². The summed E-state index contributed by atoms with van der Waals surface area (Å²) < 4.78 is 63.9. The van der Waals surface area contributed by atoms with Gasteiger partial charge in [-0.2, -0.15) is 16.8 Å². The van der Waals surface area contributed by atoms with Crippen molar-refractivity contribution in [2.45, 2.75) is 115 Å². The highest BCUT2D eigenvalue weighted by Crippen LogP contribution is 2.37. The number of nitro benzene ring substituents is 1. The Kier molecular flexibility index (Phi) is 17.2. The molecule has 0 amide bonds. The highest BCUT2D eigenvalue weighted by atomic mass is 32.2. The number of nitrogens with zero attached hydrogens (tertiary/aromatic N) is 1. The third kappa shape index (κ3) is 13.3. The number of hydrogen-bond donors (Lipinski definition) is 2. The fraction of sp³-hybridized carbons (Fsp3) is 0.615. The Morgan fingerprint density at radius 2 is 1.05 bits per heavy atom. The number of benzene rings is 2. The number of rotatable bonds is 13. The van der Waals surface area contributed by atoms with Gasteiger partial charge in [0.15, 0.2) is 4.90 Å². The summed E-state index contributed by atoms with van der Waals surface area (Å²) in [6.45, 7) is 9.02. The largest absolute Gasteiger partial charge is 0.302 e. The van der Waals surface area contributed by atoms with Crippen molar-refractivity contribution in [1.82, 2.24) is 0 Å². The van der Waals surface area contributed by atoms with Crippen LogP contribution in [0.15, 0.2) is 40.1 Å². The molecule has 0 aliphatic rings. The van der Waals surface area contributed by atoms with Crippen LogP contribution in [0.25, 0.3) is 10.8 Å². The van der Waals surface area contributed by atoms with E-state index in [-0.39, 0.29) is 10.8 Å². The van der Waals surface area contributed by atoms with Crippen molar-refractivity contribution in [3.8, 4) is 0 Å². The third-order valence-corrected chi connectivity index (χ3v) is 7.56. The van der Waals surface area contributed by atoms with Crippen LogP contribution in [0.1, 0.15) is 105 Å². The van der Waals surface area contributed by atoms with Gasteiger partial charge in [0.2, 0.25) is 0 Å². The lowest BCUT2D eigenvalue weighted by Crippen LogP contribution is -2.12. The Hall–Kier alpha value is -2.08. The van der Waals surface area contributed by atoms with Crippen molar-refractivity contribution in [2.75, 3.05) is 0 Å². The molecule has 2 rings (SSSR count). The predicted molar refractivity (Wildman–Crippen MR) is 148 cm³/mol. The smallest absolute Gasteiger partial charge is 0.282 e. The SMILES string of the molecule is CCCCCCCC.CCCCCCCC.O=[N+]([O-])c1cc2ccccc2c(S(=O)(=O)O)c1S(=O)(=O)O. The van der Waals surface area contributed by atoms with E-state index in [9.17, 15) is 31.5 Å². The topological polar surface area (TPSA) is 152 Å². The average Bonchev–Trinajstić information content (AvgIpc) is 2.83. The van der Waals surface area contributed by atoms with Crippen LogP contribution in [-0.2, 0) is 20.2 Å². The van der Waals surface area contributed by atoms with E-state index < -0.39 is 40.6 Å². The first kappa shape index (κ1) is 34.9. The van der Waals surface area contributed by atoms with Crippen LogP contribution in [0.4, 0.5) is 5.69 Å². The molecule has 2 aromatic carbocycles. The molecule has 11 heteroatoms. The van der Waals surface area contributed by atoms with Crippen molar-refractivity contribution < 1.29 is 30.9 Å². The molecule has 0 spiro atoms. The van der Waals surface area contributed by atoms with E-state index in [1.54, 1.807) is 0 Å². The predicted octanol–water partition coefficient (Wildman–Crippen LogP) is 7.98. The zero-order chi connectivity index (χ0) is 28.5. The molecular formula is C26H43NO8S2. The van der Waals surface area contributed by atoms with Gasteiger partial charge in [-0.3, -0.25) is 19.2 Å². The van der Waals surface area contributed by atoms with E-state index >= 15 is 0 Å². The molecule has 9 nitrogen and oxygen atoms in total. The number of nitro groups is 1. The summed E-state index contributed by atoms with van der Waals surface area (Å²) in [6, 6.07) is 6.03. The van der Waals surface area contributed by atoms with Gasteiger partial charge in [-0.05, 0) is 5.39 Å². The van der Waals surface area contributed by atoms with Crippen molar-refractivity contribution in [3.05, 3.63) is 40.4 Å². The van der Waals surface area contributed by atoms with Gasteiger partial charge < -0.3 is 0 Å². The molecule has 0 fully saturated rings. The molecule has 0 aliphatic heterocycles. The molecule has 0 unspecified atom stereocenters. The monoisotopic (exact) mass is 561 g/mol. The molecule has 2 aromatic rings. The first-order valence-corrected chi connectivity index (χ1v) is 15.9. The van der Waals surface area contributed by atoms with Gasteiger partial charge in [0.25, 0.3) is 15.8 Å². The number of unbranched alkanes of at least 4 members (excludes halogenated alkanes) is 10. The lowest BCUT2D eigenvalue weighted by atomic mass is 10.1. The minimum absolute atomic E-state index is 0.0178. The Labute approximate surface area is 222 Å². The number of fused-ring (bicyclic) bond motifs is 1. The fourth-order valence-electron chi connectivity index (χ4n) is 3.63. The van der Waals surface area contributed by atoms with Crippen LogP contribution in [-0.4, -0.2) is 30.9 Å². The van der Waals surface area contributed by atoms with Gasteiger partial charge in [-0.15, -0.1) is 0 Å². The molecule has 2 N–H and O–H groups in total. The highest BCUT2D eigenvalue weighted by Gasteiger charge is 2.35. The highest BCUT2D eigenvalue weighted by molar-refractivity contribution is 7.89. The lowest BCUT2D eigenvalue weighted by Gasteiger charge is -2.09. The second-order valence-corrected chi connectivity index (χ2v) is 11.5. The molecule has 0 saturated carbocycles. The summed E-state index contributed by atoms with van der Waals surface area (Å²) in [5, 5.41) is 10.7. The van der Waals surface area contributed by atoms with Gasteiger partial charge in [-0.1, -0.05) is 129 Å². The summed E-state index contributed by atoms with van der Waals surface area (Å²) >= 11 is 0. The van der Waals surface area contributed by atoms with Gasteiger partial charge in [0.1, 0.15) is 4.90 Å². The van der Waals surface area contributed by atoms with Gasteiger partial charge in [-0.25, -0.2) is 0 Å². The van der Waals surface area contributed by atoms with Crippen LogP contribution in [0.5, 0.6) is 0 Å². The van der Waals surface area contributed by atoms with Gasteiger partial charge in [0.05, 0.1) is 4.92 Å². The minimum atomic E-state index is -5.26. The van der Waals surface area contributed by atoms with E-state index in [0.29, 0.717) is 0 Å². The Morgan fingerprint density at radius 1 is 0.676 bits per heavy atom. The molecule has 37 heavy (non-hydrogen) atoms. The Morgan fingerprint density at radius 3 is 1.38 bits per heavy atom. The van der Waals surface area contributed by atoms with Crippen LogP contribution >= 0.6 is 0 Å². The normalized spacial score (nSPS) is 11.3. The average molecular weight is 562 g/mol.